The molecule has 0 spiro atoms. The minimum Gasteiger partial charge on any atom is -0.373 e. The number of aliphatic hydroxyl groups excluding tert-OH is 1. The maximum absolute atomic E-state index is 11.9. The molecule has 2 aliphatic rings. The molecule has 14 heavy (non-hydrogen) atoms. The summed E-state index contributed by atoms with van der Waals surface area (Å²) in [5.41, 5.74) is 0. The number of amides is 1. The second kappa shape index (κ2) is 3.39. The average Bonchev–Trinajstić information content (AvgIpc) is 2.41. The van der Waals surface area contributed by atoms with E-state index in [1.807, 2.05) is 6.92 Å². The third-order valence-electron chi connectivity index (χ3n) is 3.51. The van der Waals surface area contributed by atoms with Crippen LogP contribution >= 0.6 is 0 Å². The Kier molecular flexibility index (Phi) is 2.35. The molecule has 0 saturated carbocycles. The number of hydrogen-bond acceptors (Lipinski definition) is 2. The number of rotatable bonds is 1. The Morgan fingerprint density at radius 3 is 2.93 bits per heavy atom. The van der Waals surface area contributed by atoms with Gasteiger partial charge in [0, 0.05) is 18.4 Å². The van der Waals surface area contributed by atoms with Crippen molar-refractivity contribution in [3.05, 3.63) is 12.2 Å². The topological polar surface area (TPSA) is 40.5 Å². The lowest BCUT2D eigenvalue weighted by atomic mass is 9.78. The second-order valence-corrected chi connectivity index (χ2v) is 4.24. The predicted octanol–water partition coefficient (Wildman–Crippen LogP) is 0.995. The highest BCUT2D eigenvalue weighted by Gasteiger charge is 2.48. The minimum absolute atomic E-state index is 0.0185. The lowest BCUT2D eigenvalue weighted by Crippen LogP contribution is -2.36. The monoisotopic (exact) mass is 195 g/mol. The van der Waals surface area contributed by atoms with Crippen molar-refractivity contribution >= 4 is 5.91 Å². The quantitative estimate of drug-likeness (QED) is 0.634. The van der Waals surface area contributed by atoms with E-state index in [1.165, 1.54) is 0 Å². The zero-order valence-corrected chi connectivity index (χ0v) is 8.68. The van der Waals surface area contributed by atoms with Gasteiger partial charge in [0.25, 0.3) is 0 Å². The molecular weight excluding hydrogens is 178 g/mol. The van der Waals surface area contributed by atoms with Gasteiger partial charge >= 0.3 is 0 Å². The predicted molar refractivity (Wildman–Crippen MR) is 53.3 cm³/mol. The van der Waals surface area contributed by atoms with Crippen molar-refractivity contribution in [2.45, 2.75) is 26.5 Å². The molecule has 1 heterocycles. The van der Waals surface area contributed by atoms with Crippen molar-refractivity contribution in [1.82, 2.24) is 4.90 Å². The van der Waals surface area contributed by atoms with Crippen molar-refractivity contribution in [3.8, 4) is 0 Å². The molecule has 1 fully saturated rings. The Balaban J connectivity index is 2.28. The van der Waals surface area contributed by atoms with E-state index in [-0.39, 0.29) is 17.7 Å². The van der Waals surface area contributed by atoms with Gasteiger partial charge in [0.05, 0.1) is 0 Å². The highest BCUT2D eigenvalue weighted by molar-refractivity contribution is 5.82. The first kappa shape index (κ1) is 9.71. The molecule has 3 nitrogen and oxygen atoms in total. The largest absolute Gasteiger partial charge is 0.373 e. The molecule has 3 heteroatoms. The minimum atomic E-state index is -0.572. The van der Waals surface area contributed by atoms with Gasteiger partial charge in [0.2, 0.25) is 5.91 Å². The van der Waals surface area contributed by atoms with E-state index in [0.29, 0.717) is 12.5 Å². The number of likely N-dealkylation sites (tertiary alicyclic amines) is 1. The first-order valence-corrected chi connectivity index (χ1v) is 5.32. The van der Waals surface area contributed by atoms with E-state index in [2.05, 4.69) is 19.1 Å². The van der Waals surface area contributed by atoms with Gasteiger partial charge in [-0.05, 0) is 19.3 Å². The number of allylic oxidation sites excluding steroid dienone is 2. The standard InChI is InChI=1S/C11H17NO2/c1-3-12-10(13)8-6-4-5-7(2)9(8)11(12)14/h4-5,7-9,11,14H,3,6H2,1-2H3. The molecule has 0 radical (unpaired) electrons. The molecule has 0 aromatic heterocycles. The van der Waals surface area contributed by atoms with E-state index in [4.69, 9.17) is 0 Å². The van der Waals surface area contributed by atoms with Crippen LogP contribution < -0.4 is 0 Å². The smallest absolute Gasteiger partial charge is 0.228 e. The zero-order chi connectivity index (χ0) is 10.3. The van der Waals surface area contributed by atoms with E-state index in [9.17, 15) is 9.90 Å². The van der Waals surface area contributed by atoms with E-state index >= 15 is 0 Å². The zero-order valence-electron chi connectivity index (χ0n) is 8.68. The summed E-state index contributed by atoms with van der Waals surface area (Å²) >= 11 is 0. The van der Waals surface area contributed by atoms with Gasteiger partial charge in [-0.2, -0.15) is 0 Å². The van der Waals surface area contributed by atoms with Crippen LogP contribution in [0.25, 0.3) is 0 Å². The highest BCUT2D eigenvalue weighted by Crippen LogP contribution is 2.40. The summed E-state index contributed by atoms with van der Waals surface area (Å²) < 4.78 is 0. The van der Waals surface area contributed by atoms with Crippen LogP contribution in [-0.4, -0.2) is 28.7 Å². The molecule has 1 N–H and O–H groups in total. The van der Waals surface area contributed by atoms with E-state index in [0.717, 1.165) is 6.42 Å². The van der Waals surface area contributed by atoms with Crippen LogP contribution in [0.2, 0.25) is 0 Å². The summed E-state index contributed by atoms with van der Waals surface area (Å²) in [5.74, 6) is 0.558. The van der Waals surface area contributed by atoms with Crippen molar-refractivity contribution in [1.29, 1.82) is 0 Å². The first-order valence-electron chi connectivity index (χ1n) is 5.32. The summed E-state index contributed by atoms with van der Waals surface area (Å²) in [7, 11) is 0. The normalized spacial score (nSPS) is 41.6. The molecule has 1 aliphatic carbocycles. The van der Waals surface area contributed by atoms with Crippen molar-refractivity contribution < 1.29 is 9.90 Å². The fraction of sp³-hybridized carbons (Fsp3) is 0.727. The average molecular weight is 195 g/mol. The summed E-state index contributed by atoms with van der Waals surface area (Å²) in [5, 5.41) is 10.00. The molecule has 78 valence electrons. The Bertz CT molecular complexity index is 274. The number of hydrogen-bond donors (Lipinski definition) is 1. The van der Waals surface area contributed by atoms with Crippen molar-refractivity contribution in [2.75, 3.05) is 6.54 Å². The maximum atomic E-state index is 11.9. The fourth-order valence-corrected chi connectivity index (χ4v) is 2.73. The van der Waals surface area contributed by atoms with Crippen LogP contribution in [0.5, 0.6) is 0 Å². The van der Waals surface area contributed by atoms with Crippen LogP contribution in [0.3, 0.4) is 0 Å². The molecule has 4 atom stereocenters. The molecule has 1 amide bonds. The van der Waals surface area contributed by atoms with Gasteiger partial charge in [-0.15, -0.1) is 0 Å². The Morgan fingerprint density at radius 2 is 2.36 bits per heavy atom. The van der Waals surface area contributed by atoms with Crippen molar-refractivity contribution in [3.63, 3.8) is 0 Å². The highest BCUT2D eigenvalue weighted by atomic mass is 16.3. The lowest BCUT2D eigenvalue weighted by molar-refractivity contribution is -0.135. The van der Waals surface area contributed by atoms with Gasteiger partial charge in [0.15, 0.2) is 0 Å². The lowest BCUT2D eigenvalue weighted by Gasteiger charge is -2.27. The Labute approximate surface area is 84.4 Å². The summed E-state index contributed by atoms with van der Waals surface area (Å²) in [6, 6.07) is 0. The maximum Gasteiger partial charge on any atom is 0.228 e. The Hall–Kier alpha value is -0.830. The molecule has 1 aliphatic heterocycles. The molecule has 1 saturated heterocycles. The van der Waals surface area contributed by atoms with Gasteiger partial charge in [-0.1, -0.05) is 19.1 Å². The number of fused-ring (bicyclic) bond motifs is 1. The van der Waals surface area contributed by atoms with Crippen molar-refractivity contribution in [2.24, 2.45) is 17.8 Å². The van der Waals surface area contributed by atoms with Gasteiger partial charge in [0.1, 0.15) is 6.23 Å². The van der Waals surface area contributed by atoms with Crippen LogP contribution in [0.4, 0.5) is 0 Å². The molecule has 4 unspecified atom stereocenters. The number of carbonyl (C=O) groups excluding carboxylic acids is 1. The summed E-state index contributed by atoms with van der Waals surface area (Å²) in [6.07, 6.45) is 4.39. The number of carbonyl (C=O) groups is 1. The first-order chi connectivity index (χ1) is 6.66. The fourth-order valence-electron chi connectivity index (χ4n) is 2.73. The number of aliphatic hydroxyl groups is 1. The van der Waals surface area contributed by atoms with Crippen LogP contribution in [0.15, 0.2) is 12.2 Å². The van der Waals surface area contributed by atoms with Crippen LogP contribution in [0.1, 0.15) is 20.3 Å². The summed E-state index contributed by atoms with van der Waals surface area (Å²) in [4.78, 5) is 13.5. The summed E-state index contributed by atoms with van der Waals surface area (Å²) in [6.45, 7) is 4.60. The third kappa shape index (κ3) is 1.19. The SMILES string of the molecule is CCN1C(=O)C2CC=CC(C)C2C1O. The molecule has 0 bridgehead atoms. The number of nitrogens with zero attached hydrogens (tertiary/aromatic N) is 1. The third-order valence-corrected chi connectivity index (χ3v) is 3.51. The molecular formula is C11H17NO2. The van der Waals surface area contributed by atoms with Gasteiger partial charge in [-0.3, -0.25) is 4.79 Å². The molecule has 0 aromatic rings. The van der Waals surface area contributed by atoms with E-state index in [1.54, 1.807) is 4.90 Å². The van der Waals surface area contributed by atoms with E-state index < -0.39 is 6.23 Å². The van der Waals surface area contributed by atoms with Gasteiger partial charge in [-0.25, -0.2) is 0 Å². The van der Waals surface area contributed by atoms with Crippen LogP contribution in [-0.2, 0) is 4.79 Å². The molecule has 2 rings (SSSR count). The van der Waals surface area contributed by atoms with Crippen LogP contribution in [0, 0.1) is 17.8 Å². The second-order valence-electron chi connectivity index (χ2n) is 4.24. The Morgan fingerprint density at radius 1 is 1.64 bits per heavy atom. The van der Waals surface area contributed by atoms with Gasteiger partial charge < -0.3 is 10.0 Å². The molecule has 0 aromatic carbocycles.